The number of benzene rings is 1. The summed E-state index contributed by atoms with van der Waals surface area (Å²) in [6.07, 6.45) is 2.43. The molecule has 29 heavy (non-hydrogen) atoms. The Kier molecular flexibility index (Phi) is 5.39. The lowest BCUT2D eigenvalue weighted by Crippen LogP contribution is -2.41. The van der Waals surface area contributed by atoms with Crippen LogP contribution in [0.25, 0.3) is 0 Å². The average Bonchev–Trinajstić information content (AvgIpc) is 3.14. The standard InChI is InChI=1S/C22H29N5O2/c1-15-6-7-18(11-16(15)2)12-21(29)26-9-10-27-20(14-26)23-24-22(27)19-5-4-8-25(13-19)17(3)28/h6-7,11,19H,4-5,8-10,12-14H2,1-3H3/t19-/m0/s1. The van der Waals surface area contributed by atoms with E-state index in [2.05, 4.69) is 40.7 Å². The minimum atomic E-state index is 0.121. The summed E-state index contributed by atoms with van der Waals surface area (Å²) in [4.78, 5) is 28.4. The fourth-order valence-corrected chi connectivity index (χ4v) is 4.37. The summed E-state index contributed by atoms with van der Waals surface area (Å²) in [5.74, 6) is 2.29. The number of hydrogen-bond acceptors (Lipinski definition) is 4. The Morgan fingerprint density at radius 3 is 2.66 bits per heavy atom. The number of hydrogen-bond donors (Lipinski definition) is 0. The fourth-order valence-electron chi connectivity index (χ4n) is 4.37. The van der Waals surface area contributed by atoms with E-state index in [9.17, 15) is 9.59 Å². The second kappa shape index (κ2) is 7.97. The first-order chi connectivity index (χ1) is 13.9. The van der Waals surface area contributed by atoms with Crippen molar-refractivity contribution in [2.45, 2.75) is 59.0 Å². The van der Waals surface area contributed by atoms with Crippen LogP contribution in [0.1, 0.15) is 54.0 Å². The summed E-state index contributed by atoms with van der Waals surface area (Å²) >= 11 is 0. The van der Waals surface area contributed by atoms with Gasteiger partial charge in [-0.05, 0) is 43.4 Å². The molecule has 0 saturated carbocycles. The van der Waals surface area contributed by atoms with E-state index in [1.54, 1.807) is 6.92 Å². The van der Waals surface area contributed by atoms with Crippen LogP contribution in [0.4, 0.5) is 0 Å². The first-order valence-corrected chi connectivity index (χ1v) is 10.4. The molecule has 1 fully saturated rings. The molecule has 1 aromatic carbocycles. The lowest BCUT2D eigenvalue weighted by Gasteiger charge is -2.33. The number of fused-ring (bicyclic) bond motifs is 1. The molecular formula is C22H29N5O2. The van der Waals surface area contributed by atoms with Crippen LogP contribution in [0.2, 0.25) is 0 Å². The number of rotatable bonds is 3. The largest absolute Gasteiger partial charge is 0.342 e. The number of carbonyl (C=O) groups is 2. The van der Waals surface area contributed by atoms with Crippen molar-refractivity contribution in [1.82, 2.24) is 24.6 Å². The molecule has 7 heteroatoms. The maximum atomic E-state index is 12.8. The van der Waals surface area contributed by atoms with Gasteiger partial charge < -0.3 is 14.4 Å². The van der Waals surface area contributed by atoms with Crippen LogP contribution in [0, 0.1) is 13.8 Å². The molecule has 0 aliphatic carbocycles. The number of likely N-dealkylation sites (tertiary alicyclic amines) is 1. The predicted molar refractivity (Wildman–Crippen MR) is 109 cm³/mol. The second-order valence-electron chi connectivity index (χ2n) is 8.34. The second-order valence-corrected chi connectivity index (χ2v) is 8.34. The third kappa shape index (κ3) is 4.04. The SMILES string of the molecule is CC(=O)N1CCC[C@H](c2nnc3n2CCN(C(=O)Cc2ccc(C)c(C)c2)C3)C1. The molecule has 0 unspecified atom stereocenters. The van der Waals surface area contributed by atoms with Gasteiger partial charge in [-0.2, -0.15) is 0 Å². The number of aromatic nitrogens is 3. The van der Waals surface area contributed by atoms with Gasteiger partial charge in [0.05, 0.1) is 13.0 Å². The Morgan fingerprint density at radius 1 is 1.07 bits per heavy atom. The van der Waals surface area contributed by atoms with Crippen molar-refractivity contribution in [1.29, 1.82) is 0 Å². The topological polar surface area (TPSA) is 71.3 Å². The van der Waals surface area contributed by atoms with Crippen LogP contribution >= 0.6 is 0 Å². The zero-order chi connectivity index (χ0) is 20.5. The predicted octanol–water partition coefficient (Wildman–Crippen LogP) is 2.21. The van der Waals surface area contributed by atoms with Crippen molar-refractivity contribution in [3.05, 3.63) is 46.5 Å². The van der Waals surface area contributed by atoms with E-state index in [1.807, 2.05) is 15.9 Å². The van der Waals surface area contributed by atoms with Gasteiger partial charge in [0, 0.05) is 39.0 Å². The molecule has 2 aromatic rings. The van der Waals surface area contributed by atoms with Crippen LogP contribution in [0.15, 0.2) is 18.2 Å². The zero-order valence-corrected chi connectivity index (χ0v) is 17.5. The van der Waals surface area contributed by atoms with Crippen molar-refractivity contribution in [3.8, 4) is 0 Å². The van der Waals surface area contributed by atoms with Crippen LogP contribution < -0.4 is 0 Å². The number of piperidine rings is 1. The first-order valence-electron chi connectivity index (χ1n) is 10.4. The molecule has 4 rings (SSSR count). The number of carbonyl (C=O) groups excluding carboxylic acids is 2. The van der Waals surface area contributed by atoms with Crippen LogP contribution in [0.5, 0.6) is 0 Å². The van der Waals surface area contributed by atoms with Gasteiger partial charge >= 0.3 is 0 Å². The minimum absolute atomic E-state index is 0.121. The molecule has 0 N–H and O–H groups in total. The van der Waals surface area contributed by atoms with E-state index in [0.29, 0.717) is 32.6 Å². The summed E-state index contributed by atoms with van der Waals surface area (Å²) in [5, 5.41) is 8.83. The number of aryl methyl sites for hydroxylation is 2. The van der Waals surface area contributed by atoms with Gasteiger partial charge in [0.15, 0.2) is 5.82 Å². The Balaban J connectivity index is 1.43. The zero-order valence-electron chi connectivity index (χ0n) is 17.5. The highest BCUT2D eigenvalue weighted by Crippen LogP contribution is 2.27. The van der Waals surface area contributed by atoms with Gasteiger partial charge in [-0.15, -0.1) is 10.2 Å². The lowest BCUT2D eigenvalue weighted by atomic mass is 9.97. The maximum Gasteiger partial charge on any atom is 0.227 e. The minimum Gasteiger partial charge on any atom is -0.342 e. The highest BCUT2D eigenvalue weighted by molar-refractivity contribution is 5.79. The Bertz CT molecular complexity index is 935. The molecule has 2 aliphatic heterocycles. The van der Waals surface area contributed by atoms with Crippen molar-refractivity contribution >= 4 is 11.8 Å². The van der Waals surface area contributed by atoms with Crippen molar-refractivity contribution in [2.75, 3.05) is 19.6 Å². The van der Waals surface area contributed by atoms with Crippen molar-refractivity contribution in [2.24, 2.45) is 0 Å². The average molecular weight is 396 g/mol. The summed E-state index contributed by atoms with van der Waals surface area (Å²) in [5.41, 5.74) is 3.51. The van der Waals surface area contributed by atoms with E-state index in [4.69, 9.17) is 0 Å². The van der Waals surface area contributed by atoms with Crippen molar-refractivity contribution < 1.29 is 9.59 Å². The van der Waals surface area contributed by atoms with Crippen LogP contribution in [-0.2, 0) is 29.1 Å². The highest BCUT2D eigenvalue weighted by Gasteiger charge is 2.30. The van der Waals surface area contributed by atoms with E-state index in [0.717, 1.165) is 36.6 Å². The van der Waals surface area contributed by atoms with Crippen molar-refractivity contribution in [3.63, 3.8) is 0 Å². The van der Waals surface area contributed by atoms with Gasteiger partial charge in [0.1, 0.15) is 5.82 Å². The summed E-state index contributed by atoms with van der Waals surface area (Å²) in [6, 6.07) is 6.21. The first kappa shape index (κ1) is 19.6. The van der Waals surface area contributed by atoms with E-state index in [1.165, 1.54) is 11.1 Å². The van der Waals surface area contributed by atoms with E-state index in [-0.39, 0.29) is 17.7 Å². The molecule has 0 radical (unpaired) electrons. The molecule has 1 saturated heterocycles. The van der Waals surface area contributed by atoms with Gasteiger partial charge in [-0.3, -0.25) is 9.59 Å². The van der Waals surface area contributed by atoms with Gasteiger partial charge in [-0.25, -0.2) is 0 Å². The van der Waals surface area contributed by atoms with E-state index >= 15 is 0 Å². The summed E-state index contributed by atoms with van der Waals surface area (Å²) in [6.45, 7) is 9.21. The number of amides is 2. The van der Waals surface area contributed by atoms with Gasteiger partial charge in [0.2, 0.25) is 11.8 Å². The van der Waals surface area contributed by atoms with Crippen LogP contribution in [0.3, 0.4) is 0 Å². The smallest absolute Gasteiger partial charge is 0.227 e. The summed E-state index contributed by atoms with van der Waals surface area (Å²) < 4.78 is 2.16. The Hall–Kier alpha value is -2.70. The molecule has 0 spiro atoms. The lowest BCUT2D eigenvalue weighted by molar-refractivity contribution is -0.132. The molecule has 7 nitrogen and oxygen atoms in total. The molecule has 2 aliphatic rings. The quantitative estimate of drug-likeness (QED) is 0.799. The fraction of sp³-hybridized carbons (Fsp3) is 0.545. The molecular weight excluding hydrogens is 366 g/mol. The third-order valence-electron chi connectivity index (χ3n) is 6.29. The molecule has 154 valence electrons. The Labute approximate surface area is 171 Å². The van der Waals surface area contributed by atoms with Gasteiger partial charge in [-0.1, -0.05) is 18.2 Å². The van der Waals surface area contributed by atoms with Gasteiger partial charge in [0.25, 0.3) is 0 Å². The maximum absolute atomic E-state index is 12.8. The molecule has 1 atom stereocenters. The molecule has 0 bridgehead atoms. The van der Waals surface area contributed by atoms with Crippen LogP contribution in [-0.4, -0.2) is 56.0 Å². The number of nitrogens with zero attached hydrogens (tertiary/aromatic N) is 5. The monoisotopic (exact) mass is 395 g/mol. The molecule has 3 heterocycles. The normalized spacial score (nSPS) is 19.2. The molecule has 2 amide bonds. The summed E-state index contributed by atoms with van der Waals surface area (Å²) in [7, 11) is 0. The Morgan fingerprint density at radius 2 is 1.90 bits per heavy atom. The van der Waals surface area contributed by atoms with E-state index < -0.39 is 0 Å². The third-order valence-corrected chi connectivity index (χ3v) is 6.29. The highest BCUT2D eigenvalue weighted by atomic mass is 16.2. The molecule has 1 aromatic heterocycles.